The standard InChI is InChI=1S/C13H15FN2O2/c1-2-18-13(17)5-6-16-9-11-7-12(14)4-3-10(11)8-15/h3-4,7,16H,2,5-6,9H2,1H3. The summed E-state index contributed by atoms with van der Waals surface area (Å²) in [6.45, 7) is 2.89. The minimum absolute atomic E-state index is 0.255. The predicted octanol–water partition coefficient (Wildman–Crippen LogP) is 1.74. The zero-order chi connectivity index (χ0) is 13.4. The maximum absolute atomic E-state index is 13.0. The van der Waals surface area contributed by atoms with Crippen molar-refractivity contribution in [3.63, 3.8) is 0 Å². The van der Waals surface area contributed by atoms with Gasteiger partial charge in [0, 0.05) is 13.1 Å². The Bertz CT molecular complexity index is 455. The number of hydrogen-bond acceptors (Lipinski definition) is 4. The van der Waals surface area contributed by atoms with E-state index in [2.05, 4.69) is 5.32 Å². The van der Waals surface area contributed by atoms with Gasteiger partial charge in [0.1, 0.15) is 5.82 Å². The van der Waals surface area contributed by atoms with Crippen LogP contribution in [0.2, 0.25) is 0 Å². The van der Waals surface area contributed by atoms with Crippen molar-refractivity contribution in [2.75, 3.05) is 13.2 Å². The average molecular weight is 250 g/mol. The number of halogens is 1. The summed E-state index contributed by atoms with van der Waals surface area (Å²) in [6.07, 6.45) is 0.255. The molecule has 5 heteroatoms. The van der Waals surface area contributed by atoms with Gasteiger partial charge in [0.25, 0.3) is 0 Å². The van der Waals surface area contributed by atoms with Gasteiger partial charge < -0.3 is 10.1 Å². The molecule has 0 aliphatic rings. The van der Waals surface area contributed by atoms with E-state index >= 15 is 0 Å². The van der Waals surface area contributed by atoms with Crippen molar-refractivity contribution in [3.8, 4) is 6.07 Å². The van der Waals surface area contributed by atoms with E-state index in [-0.39, 0.29) is 18.2 Å². The third-order valence-electron chi connectivity index (χ3n) is 2.31. The van der Waals surface area contributed by atoms with Gasteiger partial charge in [-0.05, 0) is 30.7 Å². The lowest BCUT2D eigenvalue weighted by atomic mass is 10.1. The smallest absolute Gasteiger partial charge is 0.307 e. The fourth-order valence-corrected chi connectivity index (χ4v) is 1.46. The molecule has 0 atom stereocenters. The second kappa shape index (κ2) is 7.41. The molecule has 0 amide bonds. The predicted molar refractivity (Wildman–Crippen MR) is 64.1 cm³/mol. The molecule has 0 saturated heterocycles. The van der Waals surface area contributed by atoms with Crippen molar-refractivity contribution in [1.82, 2.24) is 5.32 Å². The van der Waals surface area contributed by atoms with E-state index in [1.807, 2.05) is 6.07 Å². The molecule has 18 heavy (non-hydrogen) atoms. The lowest BCUT2D eigenvalue weighted by Gasteiger charge is -2.06. The van der Waals surface area contributed by atoms with Gasteiger partial charge in [-0.3, -0.25) is 4.79 Å². The number of hydrogen-bond donors (Lipinski definition) is 1. The number of carbonyl (C=O) groups excluding carboxylic acids is 1. The Kier molecular flexibility index (Phi) is 5.81. The minimum Gasteiger partial charge on any atom is -0.466 e. The van der Waals surface area contributed by atoms with Crippen LogP contribution in [-0.4, -0.2) is 19.1 Å². The zero-order valence-electron chi connectivity index (χ0n) is 10.2. The molecule has 0 spiro atoms. The molecule has 0 bridgehead atoms. The summed E-state index contributed by atoms with van der Waals surface area (Å²) < 4.78 is 17.8. The molecule has 1 aromatic rings. The van der Waals surface area contributed by atoms with Crippen molar-refractivity contribution in [2.45, 2.75) is 19.9 Å². The number of nitriles is 1. The Morgan fingerprint density at radius 1 is 1.56 bits per heavy atom. The normalized spacial score (nSPS) is 9.83. The van der Waals surface area contributed by atoms with E-state index in [0.29, 0.717) is 30.8 Å². The number of rotatable bonds is 6. The highest BCUT2D eigenvalue weighted by molar-refractivity contribution is 5.69. The summed E-state index contributed by atoms with van der Waals surface area (Å²) >= 11 is 0. The van der Waals surface area contributed by atoms with Crippen LogP contribution in [0.25, 0.3) is 0 Å². The highest BCUT2D eigenvalue weighted by Gasteiger charge is 2.04. The van der Waals surface area contributed by atoms with Crippen LogP contribution in [0.5, 0.6) is 0 Å². The molecule has 1 rings (SSSR count). The summed E-state index contributed by atoms with van der Waals surface area (Å²) in [4.78, 5) is 11.1. The van der Waals surface area contributed by atoms with Gasteiger partial charge in [0.2, 0.25) is 0 Å². The van der Waals surface area contributed by atoms with Crippen molar-refractivity contribution in [2.24, 2.45) is 0 Å². The summed E-state index contributed by atoms with van der Waals surface area (Å²) in [5, 5.41) is 11.8. The van der Waals surface area contributed by atoms with Crippen LogP contribution in [0.3, 0.4) is 0 Å². The van der Waals surface area contributed by atoms with Crippen molar-refractivity contribution < 1.29 is 13.9 Å². The molecular weight excluding hydrogens is 235 g/mol. The van der Waals surface area contributed by atoms with E-state index in [1.165, 1.54) is 18.2 Å². The SMILES string of the molecule is CCOC(=O)CCNCc1cc(F)ccc1C#N. The van der Waals surface area contributed by atoms with E-state index in [1.54, 1.807) is 6.92 Å². The van der Waals surface area contributed by atoms with Crippen LogP contribution in [0.15, 0.2) is 18.2 Å². The second-order valence-corrected chi connectivity index (χ2v) is 3.65. The maximum atomic E-state index is 13.0. The Balaban J connectivity index is 2.42. The first-order chi connectivity index (χ1) is 8.67. The fraction of sp³-hybridized carbons (Fsp3) is 0.385. The molecule has 1 N–H and O–H groups in total. The van der Waals surface area contributed by atoms with Gasteiger partial charge in [-0.2, -0.15) is 5.26 Å². The van der Waals surface area contributed by atoms with Gasteiger partial charge >= 0.3 is 5.97 Å². The molecule has 4 nitrogen and oxygen atoms in total. The van der Waals surface area contributed by atoms with Crippen molar-refractivity contribution >= 4 is 5.97 Å². The molecule has 0 radical (unpaired) electrons. The van der Waals surface area contributed by atoms with E-state index in [0.717, 1.165) is 0 Å². The Labute approximate surface area is 105 Å². The van der Waals surface area contributed by atoms with Crippen LogP contribution in [0.1, 0.15) is 24.5 Å². The maximum Gasteiger partial charge on any atom is 0.307 e. The van der Waals surface area contributed by atoms with Gasteiger partial charge in [0.15, 0.2) is 0 Å². The van der Waals surface area contributed by atoms with E-state index in [9.17, 15) is 9.18 Å². The van der Waals surface area contributed by atoms with Crippen LogP contribution >= 0.6 is 0 Å². The Morgan fingerprint density at radius 2 is 2.33 bits per heavy atom. The summed E-state index contributed by atoms with van der Waals surface area (Å²) in [5.74, 6) is -0.652. The van der Waals surface area contributed by atoms with Crippen LogP contribution < -0.4 is 5.32 Å². The van der Waals surface area contributed by atoms with Gasteiger partial charge in [-0.15, -0.1) is 0 Å². The highest BCUT2D eigenvalue weighted by Crippen LogP contribution is 2.10. The fourth-order valence-electron chi connectivity index (χ4n) is 1.46. The molecule has 1 aromatic carbocycles. The molecule has 0 aromatic heterocycles. The van der Waals surface area contributed by atoms with Gasteiger partial charge in [-0.25, -0.2) is 4.39 Å². The molecular formula is C13H15FN2O2. The summed E-state index contributed by atoms with van der Waals surface area (Å²) in [6, 6.07) is 6.00. The first-order valence-corrected chi connectivity index (χ1v) is 5.72. The quantitative estimate of drug-likeness (QED) is 0.617. The number of benzene rings is 1. The first kappa shape index (κ1) is 14.1. The second-order valence-electron chi connectivity index (χ2n) is 3.65. The Morgan fingerprint density at radius 3 is 3.00 bits per heavy atom. The third kappa shape index (κ3) is 4.52. The summed E-state index contributed by atoms with van der Waals surface area (Å²) in [5.41, 5.74) is 1.02. The third-order valence-corrected chi connectivity index (χ3v) is 2.31. The number of ether oxygens (including phenoxy) is 1. The molecule has 0 heterocycles. The van der Waals surface area contributed by atoms with Crippen molar-refractivity contribution in [3.05, 3.63) is 35.1 Å². The Hall–Kier alpha value is -1.93. The van der Waals surface area contributed by atoms with Crippen molar-refractivity contribution in [1.29, 1.82) is 5.26 Å². The lowest BCUT2D eigenvalue weighted by molar-refractivity contribution is -0.142. The number of carbonyl (C=O) groups is 1. The van der Waals surface area contributed by atoms with Crippen LogP contribution in [0, 0.1) is 17.1 Å². The number of nitrogens with zero attached hydrogens (tertiary/aromatic N) is 1. The average Bonchev–Trinajstić information content (AvgIpc) is 2.35. The van der Waals surface area contributed by atoms with Crippen LogP contribution in [-0.2, 0) is 16.1 Å². The number of esters is 1. The monoisotopic (exact) mass is 250 g/mol. The summed E-state index contributed by atoms with van der Waals surface area (Å²) in [7, 11) is 0. The van der Waals surface area contributed by atoms with E-state index in [4.69, 9.17) is 10.00 Å². The molecule has 0 fully saturated rings. The molecule has 0 aliphatic carbocycles. The lowest BCUT2D eigenvalue weighted by Crippen LogP contribution is -2.19. The van der Waals surface area contributed by atoms with Gasteiger partial charge in [-0.1, -0.05) is 0 Å². The molecule has 0 unspecified atom stereocenters. The molecule has 0 aliphatic heterocycles. The highest BCUT2D eigenvalue weighted by atomic mass is 19.1. The topological polar surface area (TPSA) is 62.1 Å². The number of nitrogens with one attached hydrogen (secondary N) is 1. The largest absolute Gasteiger partial charge is 0.466 e. The minimum atomic E-state index is -0.379. The zero-order valence-corrected chi connectivity index (χ0v) is 10.2. The van der Waals surface area contributed by atoms with Gasteiger partial charge in [0.05, 0.1) is 24.7 Å². The molecule has 0 saturated carbocycles. The van der Waals surface area contributed by atoms with E-state index < -0.39 is 0 Å². The molecule has 96 valence electrons. The van der Waals surface area contributed by atoms with Crippen LogP contribution in [0.4, 0.5) is 4.39 Å². The first-order valence-electron chi connectivity index (χ1n) is 5.72.